The van der Waals surface area contributed by atoms with E-state index in [-0.39, 0.29) is 41.9 Å². The van der Waals surface area contributed by atoms with E-state index in [1.165, 1.54) is 39.0 Å². The van der Waals surface area contributed by atoms with Crippen molar-refractivity contribution < 1.29 is 31.5 Å². The lowest BCUT2D eigenvalue weighted by atomic mass is 10.1. The number of aliphatic hydroxyl groups excluding tert-OH is 1. The Morgan fingerprint density at radius 1 is 1.15 bits per heavy atom. The zero-order chi connectivity index (χ0) is 28.9. The van der Waals surface area contributed by atoms with Gasteiger partial charge in [-0.3, -0.25) is 10.1 Å². The third-order valence-electron chi connectivity index (χ3n) is 5.25. The topological polar surface area (TPSA) is 139 Å². The van der Waals surface area contributed by atoms with Gasteiger partial charge in [-0.1, -0.05) is 40.6 Å². The summed E-state index contributed by atoms with van der Waals surface area (Å²) in [4.78, 5) is 21.4. The van der Waals surface area contributed by atoms with E-state index < -0.39 is 45.6 Å². The van der Waals surface area contributed by atoms with Crippen LogP contribution < -0.4 is 10.0 Å². The molecular formula is C22H19Cl2F3N6O4S2. The SMILES string of the molecule is Cc1nc(NC(=O)c2cnn3c(C(F)(F)F)cc(-c4ccc(Cl)c(Cl)c4)nc23)sc1S(=O)(=O)NC(C)(C)CO. The molecule has 208 valence electrons. The molecule has 0 aliphatic rings. The van der Waals surface area contributed by atoms with Gasteiger partial charge in [0.05, 0.1) is 39.8 Å². The number of carbonyl (C=O) groups excluding carboxylic acids is 1. The first-order chi connectivity index (χ1) is 18.0. The molecule has 1 amide bonds. The third-order valence-corrected chi connectivity index (χ3v) is 9.37. The minimum Gasteiger partial charge on any atom is -0.394 e. The number of aromatic nitrogens is 4. The number of nitrogens with zero attached hydrogens (tertiary/aromatic N) is 4. The van der Waals surface area contributed by atoms with E-state index in [0.29, 0.717) is 15.9 Å². The molecule has 0 aliphatic carbocycles. The molecule has 4 rings (SSSR count). The molecule has 0 radical (unpaired) electrons. The maximum Gasteiger partial charge on any atom is 0.433 e. The third kappa shape index (κ3) is 6.02. The summed E-state index contributed by atoms with van der Waals surface area (Å²) < 4.78 is 69.8. The Balaban J connectivity index is 1.74. The van der Waals surface area contributed by atoms with Crippen molar-refractivity contribution in [3.05, 3.63) is 57.5 Å². The number of alkyl halides is 3. The minimum absolute atomic E-state index is 0.0655. The fourth-order valence-corrected chi connectivity index (χ4v) is 6.53. The lowest BCUT2D eigenvalue weighted by Gasteiger charge is -2.22. The maximum absolute atomic E-state index is 13.9. The molecule has 0 saturated heterocycles. The first kappa shape index (κ1) is 29.2. The molecule has 3 N–H and O–H groups in total. The van der Waals surface area contributed by atoms with Crippen LogP contribution in [0.1, 0.15) is 35.6 Å². The second kappa shape index (κ2) is 10.3. The summed E-state index contributed by atoms with van der Waals surface area (Å²) in [6.45, 7) is 3.88. The molecule has 3 heterocycles. The van der Waals surface area contributed by atoms with Crippen molar-refractivity contribution in [1.82, 2.24) is 24.3 Å². The molecule has 0 aliphatic heterocycles. The number of anilines is 1. The summed E-state index contributed by atoms with van der Waals surface area (Å²) in [7, 11) is -4.11. The highest BCUT2D eigenvalue weighted by Crippen LogP contribution is 2.35. The number of fused-ring (bicyclic) bond motifs is 1. The van der Waals surface area contributed by atoms with Gasteiger partial charge in [0, 0.05) is 5.56 Å². The number of aliphatic hydroxyl groups is 1. The van der Waals surface area contributed by atoms with Crippen molar-refractivity contribution >= 4 is 61.2 Å². The molecule has 10 nitrogen and oxygen atoms in total. The Morgan fingerprint density at radius 2 is 1.85 bits per heavy atom. The lowest BCUT2D eigenvalue weighted by Crippen LogP contribution is -2.46. The normalized spacial score (nSPS) is 12.7. The van der Waals surface area contributed by atoms with Crippen molar-refractivity contribution in [2.24, 2.45) is 0 Å². The van der Waals surface area contributed by atoms with Crippen molar-refractivity contribution in [2.45, 2.75) is 36.7 Å². The molecular weight excluding hydrogens is 604 g/mol. The monoisotopic (exact) mass is 622 g/mol. The smallest absolute Gasteiger partial charge is 0.394 e. The van der Waals surface area contributed by atoms with Crippen LogP contribution in [-0.2, 0) is 16.2 Å². The van der Waals surface area contributed by atoms with E-state index in [0.717, 1.165) is 12.3 Å². The number of amides is 1. The fraction of sp³-hybridized carbons (Fsp3) is 0.273. The quantitative estimate of drug-likeness (QED) is 0.269. The van der Waals surface area contributed by atoms with Crippen LogP contribution >= 0.6 is 34.5 Å². The van der Waals surface area contributed by atoms with Gasteiger partial charge in [0.2, 0.25) is 0 Å². The van der Waals surface area contributed by atoms with Crippen LogP contribution in [0.5, 0.6) is 0 Å². The number of hydrogen-bond donors (Lipinski definition) is 3. The fourth-order valence-electron chi connectivity index (χ4n) is 3.42. The average molecular weight is 623 g/mol. The van der Waals surface area contributed by atoms with Crippen LogP contribution in [0, 0.1) is 6.92 Å². The van der Waals surface area contributed by atoms with E-state index in [1.807, 2.05) is 0 Å². The molecule has 0 fully saturated rings. The molecule has 39 heavy (non-hydrogen) atoms. The van der Waals surface area contributed by atoms with Crippen molar-refractivity contribution in [3.8, 4) is 11.3 Å². The van der Waals surface area contributed by atoms with E-state index >= 15 is 0 Å². The summed E-state index contributed by atoms with van der Waals surface area (Å²) in [5.41, 5.74) is -2.94. The van der Waals surface area contributed by atoms with Crippen molar-refractivity contribution in [3.63, 3.8) is 0 Å². The van der Waals surface area contributed by atoms with Gasteiger partial charge >= 0.3 is 6.18 Å². The van der Waals surface area contributed by atoms with Gasteiger partial charge in [0.1, 0.15) is 5.56 Å². The van der Waals surface area contributed by atoms with Gasteiger partial charge in [-0.2, -0.15) is 18.3 Å². The Kier molecular flexibility index (Phi) is 7.70. The summed E-state index contributed by atoms with van der Waals surface area (Å²) in [5, 5.41) is 15.6. The van der Waals surface area contributed by atoms with Crippen LogP contribution in [0.15, 0.2) is 34.7 Å². The number of sulfonamides is 1. The largest absolute Gasteiger partial charge is 0.433 e. The molecule has 0 bridgehead atoms. The summed E-state index contributed by atoms with van der Waals surface area (Å²) >= 11 is 12.6. The minimum atomic E-state index is -4.85. The number of aryl methyl sites for hydroxylation is 1. The number of thiazole rings is 1. The average Bonchev–Trinajstić information content (AvgIpc) is 3.42. The maximum atomic E-state index is 13.9. The second-order valence-corrected chi connectivity index (χ2v) is 12.6. The van der Waals surface area contributed by atoms with E-state index in [4.69, 9.17) is 23.2 Å². The highest BCUT2D eigenvalue weighted by Gasteiger charge is 2.36. The van der Waals surface area contributed by atoms with Crippen LogP contribution in [0.3, 0.4) is 0 Å². The molecule has 3 aromatic heterocycles. The number of hydrogen-bond acceptors (Lipinski definition) is 8. The van der Waals surface area contributed by atoms with Gasteiger partial charge in [-0.25, -0.2) is 27.6 Å². The van der Waals surface area contributed by atoms with Crippen molar-refractivity contribution in [2.75, 3.05) is 11.9 Å². The highest BCUT2D eigenvalue weighted by molar-refractivity contribution is 7.91. The van der Waals surface area contributed by atoms with Gasteiger partial charge in [-0.15, -0.1) is 0 Å². The number of nitrogens with one attached hydrogen (secondary N) is 2. The van der Waals surface area contributed by atoms with Gasteiger partial charge in [0.15, 0.2) is 20.7 Å². The second-order valence-electron chi connectivity index (χ2n) is 8.94. The van der Waals surface area contributed by atoms with E-state index in [1.54, 1.807) is 0 Å². The summed E-state index contributed by atoms with van der Waals surface area (Å²) in [5.74, 6) is -0.918. The van der Waals surface area contributed by atoms with E-state index in [2.05, 4.69) is 25.1 Å². The highest BCUT2D eigenvalue weighted by atomic mass is 35.5. The Bertz CT molecular complexity index is 1700. The number of benzene rings is 1. The predicted molar refractivity (Wildman–Crippen MR) is 140 cm³/mol. The molecule has 4 aromatic rings. The molecule has 1 aromatic carbocycles. The molecule has 0 unspecified atom stereocenters. The van der Waals surface area contributed by atoms with Gasteiger partial charge in [-0.05, 0) is 39.0 Å². The first-order valence-corrected chi connectivity index (χ1v) is 13.9. The first-order valence-electron chi connectivity index (χ1n) is 10.9. The number of rotatable bonds is 7. The van der Waals surface area contributed by atoms with Crippen LogP contribution in [-0.4, -0.2) is 51.2 Å². The Labute approximate surface area is 233 Å². The summed E-state index contributed by atoms with van der Waals surface area (Å²) in [6.07, 6.45) is -3.94. The standard InChI is InChI=1S/C22H19Cl2F3N6O4S2/c1-10-19(39(36,37)32-21(2,3)9-34)38-20(29-10)31-18(35)12-8-28-33-16(22(25,26)27)7-15(30-17(12)33)11-4-5-13(23)14(24)6-11/h4-8,32,34H,9H2,1-3H3,(H,29,31,35). The van der Waals surface area contributed by atoms with Crippen LogP contribution in [0.4, 0.5) is 18.3 Å². The van der Waals surface area contributed by atoms with Gasteiger partial charge in [0.25, 0.3) is 15.9 Å². The van der Waals surface area contributed by atoms with Crippen LogP contribution in [0.25, 0.3) is 16.9 Å². The molecule has 0 saturated carbocycles. The van der Waals surface area contributed by atoms with Crippen LogP contribution in [0.2, 0.25) is 10.0 Å². The molecule has 0 atom stereocenters. The Morgan fingerprint density at radius 3 is 2.46 bits per heavy atom. The number of carbonyl (C=O) groups is 1. The molecule has 0 spiro atoms. The van der Waals surface area contributed by atoms with Crippen molar-refractivity contribution in [1.29, 1.82) is 0 Å². The van der Waals surface area contributed by atoms with E-state index in [9.17, 15) is 31.5 Å². The zero-order valence-corrected chi connectivity index (χ0v) is 23.4. The predicted octanol–water partition coefficient (Wildman–Crippen LogP) is 4.79. The summed E-state index contributed by atoms with van der Waals surface area (Å²) in [6, 6.07) is 4.93. The molecule has 17 heteroatoms. The number of halogens is 5. The Hall–Kier alpha value is -2.82. The van der Waals surface area contributed by atoms with Gasteiger partial charge < -0.3 is 5.11 Å². The zero-order valence-electron chi connectivity index (χ0n) is 20.3. The lowest BCUT2D eigenvalue weighted by molar-refractivity contribution is -0.142.